The van der Waals surface area contributed by atoms with Gasteiger partial charge in [-0.1, -0.05) is 129 Å². The van der Waals surface area contributed by atoms with E-state index < -0.39 is 57.6 Å². The molecule has 4 N–H and O–H groups in total. The molecule has 47 heavy (non-hydrogen) atoms. The van der Waals surface area contributed by atoms with Crippen LogP contribution in [0.5, 0.6) is 0 Å². The normalized spacial score (nSPS) is 14.1. The Labute approximate surface area is 284 Å². The number of carboxylic acids is 1. The minimum Gasteiger partial charge on any atom is -0.480 e. The molecule has 0 radical (unpaired) electrons. The van der Waals surface area contributed by atoms with E-state index in [0.717, 1.165) is 57.8 Å². The van der Waals surface area contributed by atoms with Crippen molar-refractivity contribution in [2.24, 2.45) is 0 Å². The second kappa shape index (κ2) is 31.5. The summed E-state index contributed by atoms with van der Waals surface area (Å²) >= 11 is 0. The molecular formula is C35H66NO10P. The Morgan fingerprint density at radius 2 is 1.13 bits per heavy atom. The van der Waals surface area contributed by atoms with Gasteiger partial charge in [0.15, 0.2) is 6.04 Å². The van der Waals surface area contributed by atoms with E-state index in [1.54, 1.807) is 0 Å². The van der Waals surface area contributed by atoms with E-state index in [1.165, 1.54) is 64.2 Å². The number of amides is 1. The third kappa shape index (κ3) is 31.3. The zero-order chi connectivity index (χ0) is 35.0. The Hall–Kier alpha value is -1.78. The van der Waals surface area contributed by atoms with Crippen molar-refractivity contribution in [2.75, 3.05) is 19.8 Å². The van der Waals surface area contributed by atoms with Gasteiger partial charge in [-0.05, 0) is 32.1 Å². The molecule has 11 nitrogen and oxygen atoms in total. The minimum absolute atomic E-state index is 0.137. The van der Waals surface area contributed by atoms with Crippen molar-refractivity contribution in [1.29, 1.82) is 0 Å². The van der Waals surface area contributed by atoms with Crippen LogP contribution in [0.2, 0.25) is 0 Å². The molecule has 12 heteroatoms. The number of aliphatic hydroxyl groups is 1. The monoisotopic (exact) mass is 691 g/mol. The average Bonchev–Trinajstić information content (AvgIpc) is 3.04. The fourth-order valence-corrected chi connectivity index (χ4v) is 5.66. The van der Waals surface area contributed by atoms with E-state index in [2.05, 4.69) is 31.3 Å². The number of carbonyl (C=O) groups is 3. The second-order valence-corrected chi connectivity index (χ2v) is 13.9. The van der Waals surface area contributed by atoms with Crippen LogP contribution in [-0.4, -0.2) is 64.9 Å². The Balaban J connectivity index is 3.99. The second-order valence-electron chi connectivity index (χ2n) is 12.4. The van der Waals surface area contributed by atoms with Gasteiger partial charge >= 0.3 is 19.8 Å². The van der Waals surface area contributed by atoms with Crippen molar-refractivity contribution in [1.82, 2.24) is 5.32 Å². The first-order valence-corrected chi connectivity index (χ1v) is 19.7. The summed E-state index contributed by atoms with van der Waals surface area (Å²) in [6.45, 7) is 2.51. The third-order valence-corrected chi connectivity index (χ3v) is 8.76. The maximum Gasteiger partial charge on any atom is 0.472 e. The first kappa shape index (κ1) is 45.2. The lowest BCUT2D eigenvalue weighted by Gasteiger charge is -2.18. The predicted molar refractivity (Wildman–Crippen MR) is 185 cm³/mol. The molecule has 0 saturated heterocycles. The topological polar surface area (TPSA) is 169 Å². The number of hydrogen-bond acceptors (Lipinski definition) is 8. The van der Waals surface area contributed by atoms with Crippen LogP contribution in [0.3, 0.4) is 0 Å². The molecule has 0 aliphatic carbocycles. The molecule has 0 rings (SSSR count). The standard InChI is InChI=1S/C35H66NO10P/c1-3-5-7-9-11-13-15-17-19-21-23-25-27-34(39)44-28-31(37)29-45-47(42,43)46-30-32(35(40)41)36-33(38)26-24-22-20-18-16-14-12-10-8-6-4-2/h10,12,31-32,37H,3-9,11,13-30H2,1-2H3,(H,36,38)(H,40,41)(H,42,43)/b12-10-. The molecule has 3 atom stereocenters. The van der Waals surface area contributed by atoms with Crippen LogP contribution in [0.25, 0.3) is 0 Å². The van der Waals surface area contributed by atoms with E-state index in [4.69, 9.17) is 13.8 Å². The van der Waals surface area contributed by atoms with Gasteiger partial charge in [-0.15, -0.1) is 0 Å². The van der Waals surface area contributed by atoms with Gasteiger partial charge in [-0.3, -0.25) is 18.6 Å². The number of esters is 1. The zero-order valence-corrected chi connectivity index (χ0v) is 30.2. The molecule has 0 heterocycles. The zero-order valence-electron chi connectivity index (χ0n) is 29.3. The molecule has 0 aliphatic rings. The summed E-state index contributed by atoms with van der Waals surface area (Å²) < 4.78 is 26.6. The number of phosphoric acid groups is 1. The minimum atomic E-state index is -4.74. The van der Waals surface area contributed by atoms with Crippen molar-refractivity contribution >= 4 is 25.7 Å². The van der Waals surface area contributed by atoms with Crippen molar-refractivity contribution < 1.29 is 47.8 Å². The van der Waals surface area contributed by atoms with Crippen LogP contribution in [0.4, 0.5) is 0 Å². The largest absolute Gasteiger partial charge is 0.480 e. The number of rotatable bonds is 34. The summed E-state index contributed by atoms with van der Waals surface area (Å²) in [5.74, 6) is -2.38. The summed E-state index contributed by atoms with van der Waals surface area (Å²) in [6.07, 6.45) is 26.8. The smallest absolute Gasteiger partial charge is 0.472 e. The quantitative estimate of drug-likeness (QED) is 0.0224. The lowest BCUT2D eigenvalue weighted by atomic mass is 10.0. The molecule has 0 aliphatic heterocycles. The number of phosphoric ester groups is 1. The van der Waals surface area contributed by atoms with Gasteiger partial charge in [0.2, 0.25) is 5.91 Å². The first-order valence-electron chi connectivity index (χ1n) is 18.2. The van der Waals surface area contributed by atoms with Gasteiger partial charge in [0, 0.05) is 12.8 Å². The number of allylic oxidation sites excluding steroid dienone is 2. The number of aliphatic carboxylic acids is 1. The highest BCUT2D eigenvalue weighted by molar-refractivity contribution is 7.47. The molecular weight excluding hydrogens is 625 g/mol. The van der Waals surface area contributed by atoms with E-state index in [9.17, 15) is 34.1 Å². The summed E-state index contributed by atoms with van der Waals surface area (Å²) in [4.78, 5) is 45.5. The molecule has 0 saturated carbocycles. The van der Waals surface area contributed by atoms with Crippen molar-refractivity contribution in [3.63, 3.8) is 0 Å². The van der Waals surface area contributed by atoms with Gasteiger partial charge in [-0.25, -0.2) is 9.36 Å². The number of nitrogens with one attached hydrogen (secondary N) is 1. The highest BCUT2D eigenvalue weighted by atomic mass is 31.2. The Morgan fingerprint density at radius 3 is 1.68 bits per heavy atom. The van der Waals surface area contributed by atoms with Gasteiger partial charge in [-0.2, -0.15) is 0 Å². The molecule has 0 fully saturated rings. The van der Waals surface area contributed by atoms with E-state index in [-0.39, 0.29) is 12.8 Å². The SMILES string of the molecule is CCCC/C=C\CCCCCCCC(=O)NC(COP(=O)(O)OCC(O)COC(=O)CCCCCCCCCCCCCC)C(=O)O. The van der Waals surface area contributed by atoms with Gasteiger partial charge < -0.3 is 25.2 Å². The average molecular weight is 692 g/mol. The third-order valence-electron chi connectivity index (χ3n) is 7.80. The predicted octanol–water partition coefficient (Wildman–Crippen LogP) is 8.16. The fourth-order valence-electron chi connectivity index (χ4n) is 4.88. The number of aliphatic hydroxyl groups excluding tert-OH is 1. The summed E-state index contributed by atoms with van der Waals surface area (Å²) in [6, 6.07) is -1.54. The Morgan fingerprint density at radius 1 is 0.660 bits per heavy atom. The maximum absolute atomic E-state index is 12.2. The van der Waals surface area contributed by atoms with Gasteiger partial charge in [0.05, 0.1) is 13.2 Å². The number of hydrogen-bond donors (Lipinski definition) is 4. The number of unbranched alkanes of at least 4 members (excludes halogenated alkanes) is 18. The van der Waals surface area contributed by atoms with Gasteiger partial charge in [0.25, 0.3) is 0 Å². The molecule has 1 amide bonds. The van der Waals surface area contributed by atoms with Crippen molar-refractivity contribution in [3.8, 4) is 0 Å². The molecule has 0 spiro atoms. The molecule has 0 aromatic rings. The van der Waals surface area contributed by atoms with Crippen LogP contribution in [0.15, 0.2) is 12.2 Å². The number of carboxylic acid groups (broad SMARTS) is 1. The number of carbonyl (C=O) groups excluding carboxylic acids is 2. The first-order chi connectivity index (χ1) is 22.6. The van der Waals surface area contributed by atoms with E-state index in [0.29, 0.717) is 12.8 Å². The van der Waals surface area contributed by atoms with E-state index in [1.807, 2.05) is 0 Å². The summed E-state index contributed by atoms with van der Waals surface area (Å²) in [7, 11) is -4.74. The summed E-state index contributed by atoms with van der Waals surface area (Å²) in [5, 5.41) is 21.7. The highest BCUT2D eigenvalue weighted by Crippen LogP contribution is 2.43. The molecule has 276 valence electrons. The van der Waals surface area contributed by atoms with E-state index >= 15 is 0 Å². The Kier molecular flexibility index (Phi) is 30.3. The summed E-state index contributed by atoms with van der Waals surface area (Å²) in [5.41, 5.74) is 0. The van der Waals surface area contributed by atoms with Crippen LogP contribution >= 0.6 is 7.82 Å². The lowest BCUT2D eigenvalue weighted by molar-refractivity contribution is -0.147. The molecule has 0 bridgehead atoms. The molecule has 0 aromatic carbocycles. The Bertz CT molecular complexity index is 869. The van der Waals surface area contributed by atoms with Crippen molar-refractivity contribution in [2.45, 2.75) is 174 Å². The van der Waals surface area contributed by atoms with Crippen LogP contribution in [0, 0.1) is 0 Å². The number of ether oxygens (including phenoxy) is 1. The highest BCUT2D eigenvalue weighted by Gasteiger charge is 2.28. The van der Waals surface area contributed by atoms with Crippen LogP contribution < -0.4 is 5.32 Å². The van der Waals surface area contributed by atoms with Crippen LogP contribution in [0.1, 0.15) is 162 Å². The fraction of sp³-hybridized carbons (Fsp3) is 0.857. The maximum atomic E-state index is 12.2. The van der Waals surface area contributed by atoms with Gasteiger partial charge in [0.1, 0.15) is 12.7 Å². The molecule has 3 unspecified atom stereocenters. The molecule has 0 aromatic heterocycles. The van der Waals surface area contributed by atoms with Crippen molar-refractivity contribution in [3.05, 3.63) is 12.2 Å². The van der Waals surface area contributed by atoms with Crippen LogP contribution in [-0.2, 0) is 32.7 Å². The lowest BCUT2D eigenvalue weighted by Crippen LogP contribution is -2.43.